The van der Waals surface area contributed by atoms with Gasteiger partial charge in [-0.05, 0) is 56.2 Å². The van der Waals surface area contributed by atoms with Crippen LogP contribution in [0, 0.1) is 5.92 Å². The summed E-state index contributed by atoms with van der Waals surface area (Å²) in [6.07, 6.45) is 8.52. The molecular formula is C22H29N3O. The summed E-state index contributed by atoms with van der Waals surface area (Å²) in [6, 6.07) is 10.6. The largest absolute Gasteiger partial charge is 0.343 e. The molecule has 1 aromatic carbocycles. The second-order valence-electron chi connectivity index (χ2n) is 7.86. The second-order valence-corrected chi connectivity index (χ2v) is 7.86. The molecule has 4 heteroatoms. The Morgan fingerprint density at radius 2 is 1.92 bits per heavy atom. The Balaban J connectivity index is 1.34. The Bertz CT molecular complexity index is 749. The van der Waals surface area contributed by atoms with Crippen LogP contribution in [0.25, 0.3) is 10.9 Å². The average molecular weight is 351 g/mol. The van der Waals surface area contributed by atoms with Crippen molar-refractivity contribution in [2.45, 2.75) is 45.1 Å². The van der Waals surface area contributed by atoms with E-state index in [2.05, 4.69) is 39.0 Å². The van der Waals surface area contributed by atoms with Gasteiger partial charge in [-0.15, -0.1) is 0 Å². The Morgan fingerprint density at radius 1 is 1.08 bits per heavy atom. The van der Waals surface area contributed by atoms with Crippen LogP contribution >= 0.6 is 0 Å². The molecule has 2 aliphatic heterocycles. The van der Waals surface area contributed by atoms with Crippen molar-refractivity contribution in [2.24, 2.45) is 5.92 Å². The van der Waals surface area contributed by atoms with E-state index >= 15 is 0 Å². The predicted octanol–water partition coefficient (Wildman–Crippen LogP) is 3.85. The number of rotatable bonds is 5. The van der Waals surface area contributed by atoms with Gasteiger partial charge in [0.05, 0.1) is 5.52 Å². The molecule has 0 aliphatic carbocycles. The summed E-state index contributed by atoms with van der Waals surface area (Å²) in [4.78, 5) is 21.5. The molecule has 4 nitrogen and oxygen atoms in total. The highest BCUT2D eigenvalue weighted by Crippen LogP contribution is 2.25. The Kier molecular flexibility index (Phi) is 5.49. The summed E-state index contributed by atoms with van der Waals surface area (Å²) in [5.41, 5.74) is 2.44. The summed E-state index contributed by atoms with van der Waals surface area (Å²) in [5.74, 6) is 1.02. The lowest BCUT2D eigenvalue weighted by molar-refractivity contribution is -0.130. The molecule has 138 valence electrons. The molecule has 26 heavy (non-hydrogen) atoms. The van der Waals surface area contributed by atoms with Crippen LogP contribution < -0.4 is 0 Å². The quantitative estimate of drug-likeness (QED) is 0.821. The molecule has 2 saturated heterocycles. The fraction of sp³-hybridized carbons (Fsp3) is 0.545. The molecule has 2 fully saturated rings. The zero-order valence-corrected chi connectivity index (χ0v) is 15.6. The van der Waals surface area contributed by atoms with Crippen LogP contribution in [-0.2, 0) is 11.3 Å². The predicted molar refractivity (Wildman–Crippen MR) is 105 cm³/mol. The molecule has 0 saturated carbocycles. The molecule has 0 radical (unpaired) electrons. The number of aromatic nitrogens is 1. The van der Waals surface area contributed by atoms with Crippen molar-refractivity contribution in [2.75, 3.05) is 26.2 Å². The van der Waals surface area contributed by atoms with Gasteiger partial charge in [-0.2, -0.15) is 0 Å². The third-order valence-electron chi connectivity index (χ3n) is 5.94. The first kappa shape index (κ1) is 17.5. The van der Waals surface area contributed by atoms with Crippen molar-refractivity contribution in [1.29, 1.82) is 0 Å². The second kappa shape index (κ2) is 8.17. The molecule has 3 heterocycles. The summed E-state index contributed by atoms with van der Waals surface area (Å²) in [7, 11) is 0. The monoisotopic (exact) mass is 351 g/mol. The van der Waals surface area contributed by atoms with Gasteiger partial charge < -0.3 is 4.90 Å². The zero-order chi connectivity index (χ0) is 17.8. The van der Waals surface area contributed by atoms with Crippen LogP contribution in [0.4, 0.5) is 0 Å². The minimum absolute atomic E-state index is 0.373. The molecule has 2 aromatic rings. The first-order valence-electron chi connectivity index (χ1n) is 10.1. The number of pyridine rings is 1. The van der Waals surface area contributed by atoms with E-state index in [0.717, 1.165) is 51.1 Å². The number of carbonyl (C=O) groups is 1. The molecule has 0 bridgehead atoms. The van der Waals surface area contributed by atoms with Crippen LogP contribution in [0.5, 0.6) is 0 Å². The molecule has 1 aromatic heterocycles. The summed E-state index contributed by atoms with van der Waals surface area (Å²) in [5, 5.41) is 1.22. The van der Waals surface area contributed by atoms with Gasteiger partial charge in [-0.25, -0.2) is 0 Å². The third kappa shape index (κ3) is 4.07. The standard InChI is InChI=1S/C22H29N3O/c26-21(25-14-1-2-15-25)11-10-18-6-5-13-24(16-18)17-20-8-3-7-19-9-4-12-23-22(19)20/h3-4,7-9,12,18H,1-2,5-6,10-11,13-17H2. The van der Waals surface area contributed by atoms with Crippen molar-refractivity contribution in [1.82, 2.24) is 14.8 Å². The molecule has 1 atom stereocenters. The average Bonchev–Trinajstić information content (AvgIpc) is 3.22. The van der Waals surface area contributed by atoms with Gasteiger partial charge in [0.1, 0.15) is 0 Å². The Hall–Kier alpha value is -1.94. The van der Waals surface area contributed by atoms with E-state index in [0.29, 0.717) is 11.8 Å². The number of para-hydroxylation sites is 1. The fourth-order valence-electron chi connectivity index (χ4n) is 4.52. The van der Waals surface area contributed by atoms with Gasteiger partial charge in [0.15, 0.2) is 0 Å². The number of benzene rings is 1. The number of carbonyl (C=O) groups excluding carboxylic acids is 1. The van der Waals surface area contributed by atoms with E-state index in [1.54, 1.807) is 0 Å². The van der Waals surface area contributed by atoms with Crippen molar-refractivity contribution in [3.63, 3.8) is 0 Å². The van der Waals surface area contributed by atoms with Crippen molar-refractivity contribution in [3.05, 3.63) is 42.1 Å². The Labute approximate surface area is 156 Å². The number of hydrogen-bond donors (Lipinski definition) is 0. The van der Waals surface area contributed by atoms with Gasteiger partial charge in [-0.1, -0.05) is 24.3 Å². The summed E-state index contributed by atoms with van der Waals surface area (Å²) in [6.45, 7) is 5.18. The van der Waals surface area contributed by atoms with Gasteiger partial charge in [0, 0.05) is 44.2 Å². The molecule has 4 rings (SSSR count). The van der Waals surface area contributed by atoms with Gasteiger partial charge in [0.2, 0.25) is 5.91 Å². The van der Waals surface area contributed by atoms with E-state index < -0.39 is 0 Å². The topological polar surface area (TPSA) is 36.4 Å². The molecular weight excluding hydrogens is 322 g/mol. The first-order valence-corrected chi connectivity index (χ1v) is 10.1. The maximum Gasteiger partial charge on any atom is 0.222 e. The highest BCUT2D eigenvalue weighted by atomic mass is 16.2. The number of amides is 1. The first-order chi connectivity index (χ1) is 12.8. The van der Waals surface area contributed by atoms with Gasteiger partial charge in [-0.3, -0.25) is 14.7 Å². The smallest absolute Gasteiger partial charge is 0.222 e. The van der Waals surface area contributed by atoms with Crippen LogP contribution in [0.2, 0.25) is 0 Å². The van der Waals surface area contributed by atoms with E-state index in [9.17, 15) is 4.79 Å². The molecule has 1 amide bonds. The number of likely N-dealkylation sites (tertiary alicyclic amines) is 2. The molecule has 0 spiro atoms. The third-order valence-corrected chi connectivity index (χ3v) is 5.94. The Morgan fingerprint density at radius 3 is 2.81 bits per heavy atom. The summed E-state index contributed by atoms with van der Waals surface area (Å²) >= 11 is 0. The minimum atomic E-state index is 0.373. The number of piperidine rings is 1. The van der Waals surface area contributed by atoms with Crippen LogP contribution in [0.1, 0.15) is 44.1 Å². The zero-order valence-electron chi connectivity index (χ0n) is 15.6. The van der Waals surface area contributed by atoms with E-state index in [-0.39, 0.29) is 0 Å². The van der Waals surface area contributed by atoms with Crippen LogP contribution in [0.15, 0.2) is 36.5 Å². The van der Waals surface area contributed by atoms with Crippen molar-refractivity contribution in [3.8, 4) is 0 Å². The van der Waals surface area contributed by atoms with Gasteiger partial charge in [0.25, 0.3) is 0 Å². The van der Waals surface area contributed by atoms with Crippen molar-refractivity contribution < 1.29 is 4.79 Å². The van der Waals surface area contributed by atoms with E-state index in [1.165, 1.54) is 36.6 Å². The summed E-state index contributed by atoms with van der Waals surface area (Å²) < 4.78 is 0. The van der Waals surface area contributed by atoms with Gasteiger partial charge >= 0.3 is 0 Å². The highest BCUT2D eigenvalue weighted by molar-refractivity contribution is 5.81. The normalized spacial score (nSPS) is 21.4. The van der Waals surface area contributed by atoms with Crippen molar-refractivity contribution >= 4 is 16.8 Å². The molecule has 2 aliphatic rings. The van der Waals surface area contributed by atoms with Crippen LogP contribution in [-0.4, -0.2) is 46.9 Å². The van der Waals surface area contributed by atoms with Crippen LogP contribution in [0.3, 0.4) is 0 Å². The number of fused-ring (bicyclic) bond motifs is 1. The van der Waals surface area contributed by atoms with E-state index in [4.69, 9.17) is 0 Å². The molecule has 0 N–H and O–H groups in total. The SMILES string of the molecule is O=C(CCC1CCCN(Cc2cccc3cccnc23)C1)N1CCCC1. The fourth-order valence-corrected chi connectivity index (χ4v) is 4.52. The molecule has 1 unspecified atom stereocenters. The minimum Gasteiger partial charge on any atom is -0.343 e. The maximum absolute atomic E-state index is 12.3. The van der Waals surface area contributed by atoms with E-state index in [1.807, 2.05) is 12.3 Å². The lowest BCUT2D eigenvalue weighted by atomic mass is 9.92. The lowest BCUT2D eigenvalue weighted by Crippen LogP contribution is -2.36. The number of hydrogen-bond acceptors (Lipinski definition) is 3. The highest BCUT2D eigenvalue weighted by Gasteiger charge is 2.23. The lowest BCUT2D eigenvalue weighted by Gasteiger charge is -2.33. The maximum atomic E-state index is 12.3. The number of nitrogens with zero attached hydrogens (tertiary/aromatic N) is 3.